The van der Waals surface area contributed by atoms with Crippen molar-refractivity contribution in [2.75, 3.05) is 6.54 Å². The van der Waals surface area contributed by atoms with Crippen LogP contribution in [0.3, 0.4) is 0 Å². The first-order valence-electron chi connectivity index (χ1n) is 13.8. The molecule has 3 aromatic carbocycles. The predicted octanol–water partition coefficient (Wildman–Crippen LogP) is 5.59. The lowest BCUT2D eigenvalue weighted by atomic mass is 9.81. The number of alkyl halides is 2. The van der Waals surface area contributed by atoms with E-state index in [1.54, 1.807) is 24.3 Å². The highest BCUT2D eigenvalue weighted by Gasteiger charge is 2.67. The van der Waals surface area contributed by atoms with E-state index in [1.165, 1.54) is 36.4 Å². The van der Waals surface area contributed by atoms with Crippen LogP contribution in [-0.4, -0.2) is 60.6 Å². The highest BCUT2D eigenvalue weighted by molar-refractivity contribution is 9.12. The van der Waals surface area contributed by atoms with Crippen molar-refractivity contribution in [2.24, 2.45) is 23.7 Å². The number of carbonyl (C=O) groups excluding carboxylic acids is 5. The van der Waals surface area contributed by atoms with Crippen molar-refractivity contribution in [3.63, 3.8) is 0 Å². The summed E-state index contributed by atoms with van der Waals surface area (Å²) < 4.78 is 6.19. The van der Waals surface area contributed by atoms with Gasteiger partial charge >= 0.3 is 5.97 Å². The van der Waals surface area contributed by atoms with Gasteiger partial charge in [-0.15, -0.1) is 0 Å². The van der Waals surface area contributed by atoms with E-state index < -0.39 is 52.8 Å². The number of nitrogens with zero attached hydrogens (tertiary/aromatic N) is 3. The largest absolute Gasteiger partial charge is 0.423 e. The summed E-state index contributed by atoms with van der Waals surface area (Å²) in [5.41, 5.74) is 0.178. The fraction of sp³-hybridized carbons (Fsp3) is 0.258. The second-order valence-corrected chi connectivity index (χ2v) is 14.0. The van der Waals surface area contributed by atoms with Crippen LogP contribution in [0.15, 0.2) is 77.3 Å². The Morgan fingerprint density at radius 1 is 0.822 bits per heavy atom. The molecule has 2 saturated carbocycles. The second-order valence-electron chi connectivity index (χ2n) is 11.0. The molecule has 1 heterocycles. The van der Waals surface area contributed by atoms with Gasteiger partial charge in [0.2, 0.25) is 0 Å². The Morgan fingerprint density at radius 3 is 1.87 bits per heavy atom. The van der Waals surface area contributed by atoms with Gasteiger partial charge in [-0.2, -0.15) is 5.01 Å². The number of ketones is 1. The molecule has 2 bridgehead atoms. The summed E-state index contributed by atoms with van der Waals surface area (Å²) in [7, 11) is 0. The van der Waals surface area contributed by atoms with Gasteiger partial charge in [0.15, 0.2) is 5.78 Å². The van der Waals surface area contributed by atoms with Crippen LogP contribution in [0, 0.1) is 33.8 Å². The van der Waals surface area contributed by atoms with Gasteiger partial charge in [-0.3, -0.25) is 29.3 Å². The van der Waals surface area contributed by atoms with Gasteiger partial charge in [-0.05, 0) is 78.9 Å². The molecular weight excluding hydrogens is 782 g/mol. The Kier molecular flexibility index (Phi) is 8.48. The Bertz CT molecular complexity index is 1700. The van der Waals surface area contributed by atoms with E-state index in [0.717, 1.165) is 26.6 Å². The van der Waals surface area contributed by atoms with Crippen LogP contribution in [0.2, 0.25) is 0 Å². The maximum Gasteiger partial charge on any atom is 0.343 e. The summed E-state index contributed by atoms with van der Waals surface area (Å²) in [6.07, 6.45) is 0.681. The number of amides is 3. The fourth-order valence-electron chi connectivity index (χ4n) is 6.37. The van der Waals surface area contributed by atoms with E-state index in [0.29, 0.717) is 12.0 Å². The molecule has 11 nitrogen and oxygen atoms in total. The standard InChI is InChI=1S/C31H22Br3N3O8/c32-18-7-1-17(2-8-18)31(42)45-20-11-5-15(6-12-20)23(38)14-35(28(39)16-3-9-19(10-4-16)37(43)44)36-29(40)24-21-13-22(25(24)30(36)41)27(34)26(21)33/h1-12,21-22,24-27H,13-14H2/t21-,22-,24-,25-,26+,27+/m1/s1. The normalized spacial score (nSPS) is 24.8. The maximum atomic E-state index is 13.8. The number of hydrogen-bond acceptors (Lipinski definition) is 8. The molecule has 0 unspecified atom stereocenters. The summed E-state index contributed by atoms with van der Waals surface area (Å²) >= 11 is 10.6. The molecule has 6 atom stereocenters. The number of carbonyl (C=O) groups is 5. The van der Waals surface area contributed by atoms with Gasteiger partial charge in [-0.1, -0.05) is 47.8 Å². The van der Waals surface area contributed by atoms with Crippen LogP contribution >= 0.6 is 47.8 Å². The number of hydrazine groups is 1. The molecule has 3 amide bonds. The number of non-ortho nitro benzene ring substituents is 1. The summed E-state index contributed by atoms with van der Waals surface area (Å²) in [5, 5.41) is 12.8. The molecule has 1 aliphatic heterocycles. The SMILES string of the molecule is O=C(CN(C(=O)c1ccc([N+](=O)[O-])cc1)N1C(=O)[C@@H]2[C@H]3C[C@@H]([C@H](Br)[C@H]3Br)[C@H]2C1=O)c1ccc(OC(=O)c2ccc(Br)cc2)cc1. The van der Waals surface area contributed by atoms with Crippen LogP contribution < -0.4 is 4.74 Å². The van der Waals surface area contributed by atoms with Crippen LogP contribution in [0.1, 0.15) is 37.5 Å². The van der Waals surface area contributed by atoms with E-state index in [4.69, 9.17) is 4.74 Å². The minimum absolute atomic E-state index is 0.0303. The monoisotopic (exact) mass is 801 g/mol. The number of fused-ring (bicyclic) bond motifs is 5. The quantitative estimate of drug-likeness (QED) is 0.0545. The highest BCUT2D eigenvalue weighted by atomic mass is 79.9. The van der Waals surface area contributed by atoms with Crippen LogP contribution in [0.5, 0.6) is 5.75 Å². The summed E-state index contributed by atoms with van der Waals surface area (Å²) in [5.74, 6) is -4.46. The van der Waals surface area contributed by atoms with Crippen molar-refractivity contribution < 1.29 is 33.6 Å². The molecule has 45 heavy (non-hydrogen) atoms. The lowest BCUT2D eigenvalue weighted by molar-refractivity contribution is -0.384. The third kappa shape index (κ3) is 5.63. The van der Waals surface area contributed by atoms with Crippen molar-refractivity contribution in [1.82, 2.24) is 10.0 Å². The Morgan fingerprint density at radius 2 is 1.33 bits per heavy atom. The molecule has 14 heteroatoms. The first-order chi connectivity index (χ1) is 21.5. The molecule has 2 aliphatic carbocycles. The van der Waals surface area contributed by atoms with Crippen LogP contribution in [-0.2, 0) is 9.59 Å². The summed E-state index contributed by atoms with van der Waals surface area (Å²) in [6.45, 7) is -0.657. The first-order valence-corrected chi connectivity index (χ1v) is 16.4. The van der Waals surface area contributed by atoms with Gasteiger partial charge in [0.1, 0.15) is 12.3 Å². The minimum atomic E-state index is -0.835. The predicted molar refractivity (Wildman–Crippen MR) is 170 cm³/mol. The molecule has 0 N–H and O–H groups in total. The van der Waals surface area contributed by atoms with Gasteiger partial charge in [0, 0.05) is 37.4 Å². The third-order valence-electron chi connectivity index (χ3n) is 8.52. The molecular formula is C31H22Br3N3O8. The molecule has 0 spiro atoms. The smallest absolute Gasteiger partial charge is 0.343 e. The Hall–Kier alpha value is -3.75. The Labute approximate surface area is 281 Å². The second kappa shape index (κ2) is 12.2. The van der Waals surface area contributed by atoms with Crippen molar-refractivity contribution in [3.05, 3.63) is 104 Å². The average Bonchev–Trinajstić information content (AvgIpc) is 3.65. The number of Topliss-reactive ketones (excluding diaryl/α,β-unsaturated/α-hetero) is 1. The molecule has 0 radical (unpaired) electrons. The molecule has 3 fully saturated rings. The summed E-state index contributed by atoms with van der Waals surface area (Å²) in [4.78, 5) is 77.8. The molecule has 3 aliphatic rings. The van der Waals surface area contributed by atoms with Crippen LogP contribution in [0.25, 0.3) is 0 Å². The van der Waals surface area contributed by atoms with Crippen molar-refractivity contribution in [3.8, 4) is 5.75 Å². The number of imide groups is 1. The lowest BCUT2D eigenvalue weighted by Gasteiger charge is -2.30. The molecule has 230 valence electrons. The van der Waals surface area contributed by atoms with Crippen LogP contribution in [0.4, 0.5) is 5.69 Å². The minimum Gasteiger partial charge on any atom is -0.423 e. The molecule has 0 aromatic heterocycles. The number of nitro groups is 1. The van der Waals surface area contributed by atoms with Gasteiger partial charge < -0.3 is 4.74 Å². The zero-order chi connectivity index (χ0) is 32.2. The first kappa shape index (κ1) is 31.2. The van der Waals surface area contributed by atoms with E-state index >= 15 is 0 Å². The highest BCUT2D eigenvalue weighted by Crippen LogP contribution is 2.60. The fourth-order valence-corrected chi connectivity index (χ4v) is 8.50. The molecule has 6 rings (SSSR count). The number of rotatable bonds is 8. The zero-order valence-electron chi connectivity index (χ0n) is 23.0. The average molecular weight is 804 g/mol. The van der Waals surface area contributed by atoms with E-state index in [2.05, 4.69) is 47.8 Å². The number of esters is 1. The number of nitro benzene ring substituents is 1. The molecule has 1 saturated heterocycles. The number of benzene rings is 3. The van der Waals surface area contributed by atoms with Gasteiger partial charge in [0.25, 0.3) is 23.4 Å². The van der Waals surface area contributed by atoms with Crippen molar-refractivity contribution in [1.29, 1.82) is 0 Å². The number of halogens is 3. The lowest BCUT2D eigenvalue weighted by Crippen LogP contribution is -2.52. The molecule has 3 aromatic rings. The zero-order valence-corrected chi connectivity index (χ0v) is 27.8. The third-order valence-corrected chi connectivity index (χ3v) is 12.3. The number of hydrogen-bond donors (Lipinski definition) is 0. The van der Waals surface area contributed by atoms with Crippen molar-refractivity contribution in [2.45, 2.75) is 16.1 Å². The van der Waals surface area contributed by atoms with Gasteiger partial charge in [0.05, 0.1) is 22.3 Å². The van der Waals surface area contributed by atoms with E-state index in [9.17, 15) is 34.1 Å². The van der Waals surface area contributed by atoms with Crippen molar-refractivity contribution >= 4 is 83.0 Å². The van der Waals surface area contributed by atoms with E-state index in [1.807, 2.05) is 0 Å². The maximum absolute atomic E-state index is 13.8. The van der Waals surface area contributed by atoms with Gasteiger partial charge in [-0.25, -0.2) is 9.80 Å². The Balaban J connectivity index is 1.25. The topological polar surface area (TPSA) is 144 Å². The number of ether oxygens (including phenoxy) is 1. The van der Waals surface area contributed by atoms with E-state index in [-0.39, 0.29) is 44.1 Å². The summed E-state index contributed by atoms with van der Waals surface area (Å²) in [6, 6.07) is 17.0.